The fraction of sp³-hybridized carbons (Fsp3) is 0.909. The number of hydrogen-bond acceptors (Lipinski definition) is 3. The van der Waals surface area contributed by atoms with E-state index in [1.165, 1.54) is 12.8 Å². The lowest BCUT2D eigenvalue weighted by molar-refractivity contribution is 0.0526. The zero-order valence-corrected chi connectivity index (χ0v) is 9.93. The van der Waals surface area contributed by atoms with Crippen molar-refractivity contribution in [3.05, 3.63) is 0 Å². The quantitative estimate of drug-likeness (QED) is 0.751. The smallest absolute Gasteiger partial charge is 0.407 e. The molecule has 1 unspecified atom stereocenters. The molecular weight excluding hydrogens is 192 g/mol. The van der Waals surface area contributed by atoms with Crippen molar-refractivity contribution >= 4 is 6.09 Å². The van der Waals surface area contributed by atoms with Crippen LogP contribution in [0.3, 0.4) is 0 Å². The maximum absolute atomic E-state index is 11.3. The lowest BCUT2D eigenvalue weighted by Gasteiger charge is -2.20. The fourth-order valence-electron chi connectivity index (χ4n) is 1.67. The summed E-state index contributed by atoms with van der Waals surface area (Å²) in [5.41, 5.74) is -0.407. The van der Waals surface area contributed by atoms with Gasteiger partial charge in [-0.2, -0.15) is 0 Å². The molecule has 15 heavy (non-hydrogen) atoms. The molecule has 0 aromatic carbocycles. The normalized spacial score (nSPS) is 21.4. The molecule has 88 valence electrons. The number of nitrogens with one attached hydrogen (secondary N) is 2. The Kier molecular flexibility index (Phi) is 4.39. The van der Waals surface area contributed by atoms with Crippen LogP contribution in [0.5, 0.6) is 0 Å². The van der Waals surface area contributed by atoms with Crippen molar-refractivity contribution in [2.24, 2.45) is 0 Å². The van der Waals surface area contributed by atoms with Crippen LogP contribution in [0.2, 0.25) is 0 Å². The molecule has 2 N–H and O–H groups in total. The first kappa shape index (κ1) is 12.3. The average molecular weight is 214 g/mol. The lowest BCUT2D eigenvalue weighted by Crippen LogP contribution is -2.35. The van der Waals surface area contributed by atoms with Crippen LogP contribution in [0.1, 0.15) is 40.0 Å². The SMILES string of the molecule is CC(C)(C)OC(=O)NCCC1CCCN1. The van der Waals surface area contributed by atoms with E-state index in [-0.39, 0.29) is 6.09 Å². The van der Waals surface area contributed by atoms with E-state index in [0.29, 0.717) is 12.6 Å². The van der Waals surface area contributed by atoms with E-state index < -0.39 is 5.60 Å². The molecule has 4 nitrogen and oxygen atoms in total. The number of amides is 1. The van der Waals surface area contributed by atoms with Crippen molar-refractivity contribution in [1.82, 2.24) is 10.6 Å². The van der Waals surface area contributed by atoms with Gasteiger partial charge in [-0.1, -0.05) is 0 Å². The minimum absolute atomic E-state index is 0.319. The van der Waals surface area contributed by atoms with E-state index in [0.717, 1.165) is 13.0 Å². The van der Waals surface area contributed by atoms with Crippen molar-refractivity contribution in [3.63, 3.8) is 0 Å². The zero-order valence-electron chi connectivity index (χ0n) is 9.93. The molecule has 1 fully saturated rings. The minimum atomic E-state index is -0.407. The highest BCUT2D eigenvalue weighted by atomic mass is 16.6. The van der Waals surface area contributed by atoms with Crippen LogP contribution >= 0.6 is 0 Å². The molecule has 0 aromatic rings. The molecule has 0 aliphatic carbocycles. The largest absolute Gasteiger partial charge is 0.444 e. The van der Waals surface area contributed by atoms with E-state index in [2.05, 4.69) is 10.6 Å². The summed E-state index contributed by atoms with van der Waals surface area (Å²) < 4.78 is 5.13. The van der Waals surface area contributed by atoms with Crippen LogP contribution < -0.4 is 10.6 Å². The first-order valence-electron chi connectivity index (χ1n) is 5.67. The molecule has 0 saturated carbocycles. The van der Waals surface area contributed by atoms with Gasteiger partial charge in [0.1, 0.15) is 5.60 Å². The standard InChI is InChI=1S/C11H22N2O2/c1-11(2,3)15-10(14)13-8-6-9-5-4-7-12-9/h9,12H,4-8H2,1-3H3,(H,13,14). The molecule has 1 rings (SSSR count). The Hall–Kier alpha value is -0.770. The molecule has 1 aliphatic heterocycles. The molecule has 0 radical (unpaired) electrons. The summed E-state index contributed by atoms with van der Waals surface area (Å²) in [6.45, 7) is 7.39. The van der Waals surface area contributed by atoms with Gasteiger partial charge in [0, 0.05) is 12.6 Å². The van der Waals surface area contributed by atoms with Gasteiger partial charge in [0.15, 0.2) is 0 Å². The van der Waals surface area contributed by atoms with Gasteiger partial charge in [-0.05, 0) is 46.6 Å². The summed E-state index contributed by atoms with van der Waals surface area (Å²) in [7, 11) is 0. The number of carbonyl (C=O) groups excluding carboxylic acids is 1. The second-order valence-corrected chi connectivity index (χ2v) is 5.01. The summed E-state index contributed by atoms with van der Waals surface area (Å²) in [4.78, 5) is 11.3. The van der Waals surface area contributed by atoms with Gasteiger partial charge in [-0.3, -0.25) is 0 Å². The molecule has 0 bridgehead atoms. The van der Waals surface area contributed by atoms with Crippen LogP contribution in [-0.2, 0) is 4.74 Å². The van der Waals surface area contributed by atoms with Gasteiger partial charge in [-0.25, -0.2) is 4.79 Å². The maximum atomic E-state index is 11.3. The van der Waals surface area contributed by atoms with E-state index in [4.69, 9.17) is 4.74 Å². The Balaban J connectivity index is 2.06. The number of carbonyl (C=O) groups is 1. The predicted molar refractivity (Wildman–Crippen MR) is 59.9 cm³/mol. The Morgan fingerprint density at radius 1 is 1.53 bits per heavy atom. The third-order valence-electron chi connectivity index (χ3n) is 2.32. The van der Waals surface area contributed by atoms with Crippen LogP contribution in [0.15, 0.2) is 0 Å². The Bertz CT molecular complexity index is 205. The van der Waals surface area contributed by atoms with E-state index in [1.807, 2.05) is 20.8 Å². The van der Waals surface area contributed by atoms with Crippen molar-refractivity contribution in [1.29, 1.82) is 0 Å². The molecule has 1 aliphatic rings. The lowest BCUT2D eigenvalue weighted by atomic mass is 10.1. The average Bonchev–Trinajstić information content (AvgIpc) is 2.53. The van der Waals surface area contributed by atoms with Crippen LogP contribution in [0, 0.1) is 0 Å². The topological polar surface area (TPSA) is 50.4 Å². The Labute approximate surface area is 91.8 Å². The molecular formula is C11H22N2O2. The molecule has 0 aromatic heterocycles. The minimum Gasteiger partial charge on any atom is -0.444 e. The molecule has 1 saturated heterocycles. The van der Waals surface area contributed by atoms with Crippen molar-refractivity contribution < 1.29 is 9.53 Å². The van der Waals surface area contributed by atoms with Crippen LogP contribution in [0.25, 0.3) is 0 Å². The highest BCUT2D eigenvalue weighted by molar-refractivity contribution is 5.67. The van der Waals surface area contributed by atoms with Crippen molar-refractivity contribution in [2.45, 2.75) is 51.7 Å². The van der Waals surface area contributed by atoms with Gasteiger partial charge in [-0.15, -0.1) is 0 Å². The molecule has 0 spiro atoms. The Morgan fingerprint density at radius 3 is 2.80 bits per heavy atom. The molecule has 1 amide bonds. The summed E-state index contributed by atoms with van der Waals surface area (Å²) in [5, 5.41) is 6.15. The second kappa shape index (κ2) is 5.35. The number of alkyl carbamates (subject to hydrolysis) is 1. The van der Waals surface area contributed by atoms with E-state index in [1.54, 1.807) is 0 Å². The summed E-state index contributed by atoms with van der Waals surface area (Å²) in [6, 6.07) is 0.569. The van der Waals surface area contributed by atoms with E-state index in [9.17, 15) is 4.79 Å². The van der Waals surface area contributed by atoms with Crippen LogP contribution in [0.4, 0.5) is 4.79 Å². The number of hydrogen-bond donors (Lipinski definition) is 2. The third-order valence-corrected chi connectivity index (χ3v) is 2.32. The summed E-state index contributed by atoms with van der Waals surface area (Å²) in [5.74, 6) is 0. The van der Waals surface area contributed by atoms with Gasteiger partial charge in [0.25, 0.3) is 0 Å². The van der Waals surface area contributed by atoms with Crippen molar-refractivity contribution in [2.75, 3.05) is 13.1 Å². The third kappa shape index (κ3) is 5.62. The zero-order chi connectivity index (χ0) is 11.3. The first-order chi connectivity index (χ1) is 6.97. The van der Waals surface area contributed by atoms with Gasteiger partial charge in [0.05, 0.1) is 0 Å². The summed E-state index contributed by atoms with van der Waals surface area (Å²) in [6.07, 6.45) is 3.13. The second-order valence-electron chi connectivity index (χ2n) is 5.01. The maximum Gasteiger partial charge on any atom is 0.407 e. The summed E-state index contributed by atoms with van der Waals surface area (Å²) >= 11 is 0. The van der Waals surface area contributed by atoms with Gasteiger partial charge < -0.3 is 15.4 Å². The fourth-order valence-corrected chi connectivity index (χ4v) is 1.67. The van der Waals surface area contributed by atoms with E-state index >= 15 is 0 Å². The molecule has 4 heteroatoms. The van der Waals surface area contributed by atoms with Gasteiger partial charge in [0.2, 0.25) is 0 Å². The van der Waals surface area contributed by atoms with Gasteiger partial charge >= 0.3 is 6.09 Å². The monoisotopic (exact) mass is 214 g/mol. The highest BCUT2D eigenvalue weighted by Crippen LogP contribution is 2.08. The highest BCUT2D eigenvalue weighted by Gasteiger charge is 2.17. The molecule has 1 atom stereocenters. The van der Waals surface area contributed by atoms with Crippen LogP contribution in [-0.4, -0.2) is 30.8 Å². The first-order valence-corrected chi connectivity index (χ1v) is 5.67. The number of ether oxygens (including phenoxy) is 1. The van der Waals surface area contributed by atoms with Crippen molar-refractivity contribution in [3.8, 4) is 0 Å². The molecule has 1 heterocycles. The Morgan fingerprint density at radius 2 is 2.27 bits per heavy atom. The predicted octanol–water partition coefficient (Wildman–Crippen LogP) is 1.65. The number of rotatable bonds is 3.